The molecule has 0 aliphatic rings. The van der Waals surface area contributed by atoms with E-state index in [1.54, 1.807) is 0 Å². The molecule has 0 radical (unpaired) electrons. The Bertz CT molecular complexity index is 926. The van der Waals surface area contributed by atoms with Crippen LogP contribution in [0.3, 0.4) is 0 Å². The zero-order valence-corrected chi connectivity index (χ0v) is 15.5. The lowest BCUT2D eigenvalue weighted by Crippen LogP contribution is -2.12. The van der Waals surface area contributed by atoms with Crippen LogP contribution in [0.2, 0.25) is 10.0 Å². The molecule has 138 valence electrons. The van der Waals surface area contributed by atoms with Gasteiger partial charge >= 0.3 is 5.97 Å². The van der Waals surface area contributed by atoms with Crippen LogP contribution in [0.25, 0.3) is 11.6 Å². The molecule has 0 aliphatic heterocycles. The SMILES string of the molecule is COC(=O)COc1c(Cl)cc(/C=C(/C#N)c2ccc([N+](=O)[O-])cc2)cc1Cl. The maximum absolute atomic E-state index is 11.2. The first-order valence-corrected chi connectivity index (χ1v) is 8.16. The average molecular weight is 407 g/mol. The van der Waals surface area contributed by atoms with E-state index >= 15 is 0 Å². The highest BCUT2D eigenvalue weighted by molar-refractivity contribution is 6.37. The normalized spacial score (nSPS) is 10.8. The molecule has 0 heterocycles. The van der Waals surface area contributed by atoms with Crippen molar-refractivity contribution in [2.24, 2.45) is 0 Å². The van der Waals surface area contributed by atoms with Gasteiger partial charge in [-0.3, -0.25) is 10.1 Å². The Morgan fingerprint density at radius 3 is 2.33 bits per heavy atom. The third-order valence-corrected chi connectivity index (χ3v) is 3.96. The highest BCUT2D eigenvalue weighted by Crippen LogP contribution is 2.35. The monoisotopic (exact) mass is 406 g/mol. The van der Waals surface area contributed by atoms with Gasteiger partial charge in [-0.2, -0.15) is 5.26 Å². The second-order valence-corrected chi connectivity index (χ2v) is 5.97. The lowest BCUT2D eigenvalue weighted by Gasteiger charge is -2.10. The van der Waals surface area contributed by atoms with Crippen molar-refractivity contribution in [2.45, 2.75) is 0 Å². The van der Waals surface area contributed by atoms with E-state index in [0.29, 0.717) is 11.1 Å². The minimum absolute atomic E-state index is 0.0748. The van der Waals surface area contributed by atoms with E-state index in [4.69, 9.17) is 27.9 Å². The van der Waals surface area contributed by atoms with Gasteiger partial charge in [-0.25, -0.2) is 4.79 Å². The van der Waals surface area contributed by atoms with Crippen molar-refractivity contribution in [1.29, 1.82) is 5.26 Å². The van der Waals surface area contributed by atoms with Crippen molar-refractivity contribution in [2.75, 3.05) is 13.7 Å². The molecule has 9 heteroatoms. The number of allylic oxidation sites excluding steroid dienone is 1. The van der Waals surface area contributed by atoms with Crippen LogP contribution in [-0.2, 0) is 9.53 Å². The Balaban J connectivity index is 2.32. The van der Waals surface area contributed by atoms with Gasteiger partial charge < -0.3 is 9.47 Å². The summed E-state index contributed by atoms with van der Waals surface area (Å²) < 4.78 is 9.72. The quantitative estimate of drug-likeness (QED) is 0.229. The summed E-state index contributed by atoms with van der Waals surface area (Å²) in [6.45, 7) is -0.350. The number of benzene rings is 2. The molecule has 2 aromatic rings. The molecule has 0 spiro atoms. The van der Waals surface area contributed by atoms with Gasteiger partial charge in [-0.15, -0.1) is 0 Å². The number of nitriles is 1. The number of carbonyl (C=O) groups excluding carboxylic acids is 1. The fourth-order valence-corrected chi connectivity index (χ4v) is 2.71. The van der Waals surface area contributed by atoms with Gasteiger partial charge in [0, 0.05) is 12.1 Å². The largest absolute Gasteiger partial charge is 0.479 e. The molecule has 2 rings (SSSR count). The van der Waals surface area contributed by atoms with E-state index in [-0.39, 0.29) is 33.7 Å². The first kappa shape index (κ1) is 20.2. The van der Waals surface area contributed by atoms with Gasteiger partial charge in [0.15, 0.2) is 12.4 Å². The first-order valence-electron chi connectivity index (χ1n) is 7.41. The van der Waals surface area contributed by atoms with Crippen LogP contribution in [0.5, 0.6) is 5.75 Å². The van der Waals surface area contributed by atoms with Crippen LogP contribution >= 0.6 is 23.2 Å². The number of methoxy groups -OCH3 is 1. The first-order chi connectivity index (χ1) is 12.8. The summed E-state index contributed by atoms with van der Waals surface area (Å²) in [6.07, 6.45) is 1.53. The van der Waals surface area contributed by atoms with Crippen LogP contribution in [-0.4, -0.2) is 24.6 Å². The highest BCUT2D eigenvalue weighted by atomic mass is 35.5. The molecule has 27 heavy (non-hydrogen) atoms. The van der Waals surface area contributed by atoms with Crippen LogP contribution in [0.1, 0.15) is 11.1 Å². The maximum Gasteiger partial charge on any atom is 0.343 e. The molecule has 2 aromatic carbocycles. The van der Waals surface area contributed by atoms with E-state index in [9.17, 15) is 20.2 Å². The number of rotatable bonds is 6. The number of non-ortho nitro benzene ring substituents is 1. The fraction of sp³-hybridized carbons (Fsp3) is 0.111. The predicted octanol–water partition coefficient (Wildman–Crippen LogP) is 4.52. The van der Waals surface area contributed by atoms with Gasteiger partial charge in [-0.05, 0) is 41.5 Å². The molecule has 0 amide bonds. The van der Waals surface area contributed by atoms with E-state index in [2.05, 4.69) is 4.74 Å². The number of nitro groups is 1. The van der Waals surface area contributed by atoms with E-state index in [1.807, 2.05) is 6.07 Å². The Morgan fingerprint density at radius 2 is 1.85 bits per heavy atom. The van der Waals surface area contributed by atoms with E-state index < -0.39 is 10.9 Å². The van der Waals surface area contributed by atoms with Gasteiger partial charge in [0.1, 0.15) is 0 Å². The zero-order chi connectivity index (χ0) is 20.0. The summed E-state index contributed by atoms with van der Waals surface area (Å²) in [7, 11) is 1.23. The number of ether oxygens (including phenoxy) is 2. The second kappa shape index (κ2) is 9.03. The Kier molecular flexibility index (Phi) is 6.77. The molecule has 0 saturated heterocycles. The highest BCUT2D eigenvalue weighted by Gasteiger charge is 2.13. The third kappa shape index (κ3) is 5.20. The number of nitro benzene ring substituents is 1. The lowest BCUT2D eigenvalue weighted by molar-refractivity contribution is -0.384. The molecule has 0 saturated carbocycles. The van der Waals surface area contributed by atoms with Gasteiger partial charge in [-0.1, -0.05) is 23.2 Å². The minimum Gasteiger partial charge on any atom is -0.479 e. The molecule has 0 aliphatic carbocycles. The van der Waals surface area contributed by atoms with Gasteiger partial charge in [0.25, 0.3) is 5.69 Å². The average Bonchev–Trinajstić information content (AvgIpc) is 2.65. The van der Waals surface area contributed by atoms with Crippen molar-refractivity contribution in [3.63, 3.8) is 0 Å². The van der Waals surface area contributed by atoms with Crippen LogP contribution in [0, 0.1) is 21.4 Å². The summed E-state index contributed by atoms with van der Waals surface area (Å²) in [5.41, 5.74) is 1.21. The Morgan fingerprint density at radius 1 is 1.26 bits per heavy atom. The van der Waals surface area contributed by atoms with Crippen molar-refractivity contribution in [1.82, 2.24) is 0 Å². The molecule has 0 N–H and O–H groups in total. The standard InChI is InChI=1S/C18H12Cl2N2O5/c1-26-17(23)10-27-18-15(19)7-11(8-16(18)20)6-13(9-21)12-2-4-14(5-3-12)22(24)25/h2-8H,10H2,1H3/b13-6-. The Hall–Kier alpha value is -3.08. The molecular formula is C18H12Cl2N2O5. The number of hydrogen-bond donors (Lipinski definition) is 0. The van der Waals surface area contributed by atoms with E-state index in [1.165, 1.54) is 49.6 Å². The third-order valence-electron chi connectivity index (χ3n) is 3.40. The molecule has 0 fully saturated rings. The smallest absolute Gasteiger partial charge is 0.343 e. The molecule has 7 nitrogen and oxygen atoms in total. The van der Waals surface area contributed by atoms with E-state index in [0.717, 1.165) is 0 Å². The van der Waals surface area contributed by atoms with Gasteiger partial charge in [0.05, 0.1) is 33.7 Å². The maximum atomic E-state index is 11.2. The summed E-state index contributed by atoms with van der Waals surface area (Å²) in [5, 5.41) is 20.4. The molecule has 0 unspecified atom stereocenters. The number of carbonyl (C=O) groups is 1. The number of halogens is 2. The molecule has 0 atom stereocenters. The molecular weight excluding hydrogens is 395 g/mol. The summed E-state index contributed by atoms with van der Waals surface area (Å²) in [6, 6.07) is 10.6. The predicted molar refractivity (Wildman–Crippen MR) is 101 cm³/mol. The summed E-state index contributed by atoms with van der Waals surface area (Å²) in [4.78, 5) is 21.4. The topological polar surface area (TPSA) is 102 Å². The fourth-order valence-electron chi connectivity index (χ4n) is 2.10. The van der Waals surface area contributed by atoms with Crippen molar-refractivity contribution in [3.8, 4) is 11.8 Å². The lowest BCUT2D eigenvalue weighted by atomic mass is 10.0. The van der Waals surface area contributed by atoms with Crippen LogP contribution in [0.4, 0.5) is 5.69 Å². The number of hydrogen-bond acceptors (Lipinski definition) is 6. The zero-order valence-electron chi connectivity index (χ0n) is 13.9. The molecule has 0 bridgehead atoms. The van der Waals surface area contributed by atoms with Gasteiger partial charge in [0.2, 0.25) is 0 Å². The van der Waals surface area contributed by atoms with Crippen LogP contribution in [0.15, 0.2) is 36.4 Å². The van der Waals surface area contributed by atoms with Crippen molar-refractivity contribution >= 4 is 46.5 Å². The Labute approximate surface area is 164 Å². The van der Waals surface area contributed by atoms with Crippen molar-refractivity contribution < 1.29 is 19.2 Å². The second-order valence-electron chi connectivity index (χ2n) is 5.15. The summed E-state index contributed by atoms with van der Waals surface area (Å²) >= 11 is 12.3. The minimum atomic E-state index is -0.587. The van der Waals surface area contributed by atoms with Crippen molar-refractivity contribution in [3.05, 3.63) is 67.7 Å². The van der Waals surface area contributed by atoms with Crippen LogP contribution < -0.4 is 4.74 Å². The molecule has 0 aromatic heterocycles. The summed E-state index contributed by atoms with van der Waals surface area (Å²) in [5.74, 6) is -0.467. The number of esters is 1. The number of nitrogens with zero attached hydrogens (tertiary/aromatic N) is 2.